The van der Waals surface area contributed by atoms with Crippen molar-refractivity contribution in [2.24, 2.45) is 0 Å². The Kier molecular flexibility index (Phi) is 5.51. The summed E-state index contributed by atoms with van der Waals surface area (Å²) in [4.78, 5) is 6.01. The fourth-order valence-electron chi connectivity index (χ4n) is 4.87. The van der Waals surface area contributed by atoms with Crippen LogP contribution < -0.4 is 0 Å². The Morgan fingerprint density at radius 2 is 1.56 bits per heavy atom. The molecular formula is C27H25F3N2. The molecule has 0 aliphatic carbocycles. The van der Waals surface area contributed by atoms with Crippen molar-refractivity contribution in [1.82, 2.24) is 9.88 Å². The van der Waals surface area contributed by atoms with Crippen molar-refractivity contribution in [3.05, 3.63) is 95.7 Å². The van der Waals surface area contributed by atoms with Crippen LogP contribution >= 0.6 is 0 Å². The number of hydrogen-bond acceptors (Lipinski definition) is 1. The number of para-hydroxylation sites is 1. The number of aromatic nitrogens is 1. The van der Waals surface area contributed by atoms with Gasteiger partial charge < -0.3 is 4.98 Å². The molecule has 1 aromatic heterocycles. The van der Waals surface area contributed by atoms with E-state index in [9.17, 15) is 13.2 Å². The number of piperidine rings is 1. The summed E-state index contributed by atoms with van der Waals surface area (Å²) in [5.41, 5.74) is 4.99. The number of benzene rings is 3. The standard InChI is InChI=1S/C27H25F3N2/c28-27(29,30)22-10-6-9-21(17-22)19-13-15-32(16-14-19)18-25-26(20-7-2-1-3-8-20)23-11-4-5-12-24(23)31-25/h1-12,17,19,31H,13-16,18H2. The van der Waals surface area contributed by atoms with E-state index >= 15 is 0 Å². The smallest absolute Gasteiger partial charge is 0.357 e. The third kappa shape index (κ3) is 4.17. The maximum Gasteiger partial charge on any atom is 0.416 e. The largest absolute Gasteiger partial charge is 0.416 e. The molecule has 0 saturated carbocycles. The Labute approximate surface area is 185 Å². The second kappa shape index (κ2) is 8.47. The molecule has 0 amide bonds. The van der Waals surface area contributed by atoms with Crippen LogP contribution in [0, 0.1) is 0 Å². The van der Waals surface area contributed by atoms with E-state index in [4.69, 9.17) is 0 Å². The van der Waals surface area contributed by atoms with Crippen LogP contribution in [0.15, 0.2) is 78.9 Å². The van der Waals surface area contributed by atoms with Gasteiger partial charge in [-0.15, -0.1) is 0 Å². The van der Waals surface area contributed by atoms with Crippen molar-refractivity contribution in [3.8, 4) is 11.1 Å². The van der Waals surface area contributed by atoms with Crippen LogP contribution in [0.2, 0.25) is 0 Å². The summed E-state index contributed by atoms with van der Waals surface area (Å²) >= 11 is 0. The second-order valence-electron chi connectivity index (χ2n) is 8.56. The first kappa shape index (κ1) is 20.8. The summed E-state index contributed by atoms with van der Waals surface area (Å²) in [5.74, 6) is 0.171. The first-order valence-corrected chi connectivity index (χ1v) is 11.0. The molecule has 0 radical (unpaired) electrons. The molecule has 32 heavy (non-hydrogen) atoms. The van der Waals surface area contributed by atoms with Crippen LogP contribution in [0.25, 0.3) is 22.0 Å². The van der Waals surface area contributed by atoms with E-state index in [1.54, 1.807) is 0 Å². The van der Waals surface area contributed by atoms with E-state index < -0.39 is 11.7 Å². The minimum atomic E-state index is -4.29. The molecule has 3 aromatic carbocycles. The first-order chi connectivity index (χ1) is 15.5. The van der Waals surface area contributed by atoms with Crippen molar-refractivity contribution >= 4 is 10.9 Å². The van der Waals surface area contributed by atoms with Crippen LogP contribution in [0.4, 0.5) is 13.2 Å². The van der Waals surface area contributed by atoms with Gasteiger partial charge in [-0.3, -0.25) is 4.90 Å². The Bertz CT molecular complexity index is 1200. The predicted octanol–water partition coefficient (Wildman–Crippen LogP) is 7.23. The van der Waals surface area contributed by atoms with Crippen LogP contribution in [-0.2, 0) is 12.7 Å². The van der Waals surface area contributed by atoms with Gasteiger partial charge in [-0.2, -0.15) is 13.2 Å². The fraction of sp³-hybridized carbons (Fsp3) is 0.259. The molecular weight excluding hydrogens is 409 g/mol. The summed E-state index contributed by atoms with van der Waals surface area (Å²) in [5, 5.41) is 1.22. The lowest BCUT2D eigenvalue weighted by molar-refractivity contribution is -0.137. The van der Waals surface area contributed by atoms with E-state index in [1.165, 1.54) is 34.3 Å². The zero-order valence-corrected chi connectivity index (χ0v) is 17.7. The molecule has 1 aliphatic rings. The van der Waals surface area contributed by atoms with E-state index in [0.717, 1.165) is 49.6 Å². The van der Waals surface area contributed by atoms with Crippen molar-refractivity contribution < 1.29 is 13.2 Å². The Balaban J connectivity index is 1.34. The molecule has 2 nitrogen and oxygen atoms in total. The van der Waals surface area contributed by atoms with Crippen molar-refractivity contribution in [2.75, 3.05) is 13.1 Å². The number of likely N-dealkylation sites (tertiary alicyclic amines) is 1. The molecule has 1 saturated heterocycles. The first-order valence-electron chi connectivity index (χ1n) is 11.0. The SMILES string of the molecule is FC(F)(F)c1cccc(C2CCN(Cc3[nH]c4ccccc4c3-c3ccccc3)CC2)c1. The van der Waals surface area contributed by atoms with E-state index in [0.29, 0.717) is 0 Å². The molecule has 1 N–H and O–H groups in total. The van der Waals surface area contributed by atoms with Crippen LogP contribution in [0.5, 0.6) is 0 Å². The number of H-pyrrole nitrogens is 1. The van der Waals surface area contributed by atoms with Crippen molar-refractivity contribution in [2.45, 2.75) is 31.5 Å². The molecule has 164 valence electrons. The summed E-state index contributed by atoms with van der Waals surface area (Å²) in [6, 6.07) is 24.6. The highest BCUT2D eigenvalue weighted by atomic mass is 19.4. The van der Waals surface area contributed by atoms with Crippen LogP contribution in [0.1, 0.15) is 35.6 Å². The number of nitrogens with one attached hydrogen (secondary N) is 1. The highest BCUT2D eigenvalue weighted by Gasteiger charge is 2.31. The summed E-state index contributed by atoms with van der Waals surface area (Å²) < 4.78 is 39.3. The minimum absolute atomic E-state index is 0.171. The molecule has 1 fully saturated rings. The quantitative estimate of drug-likeness (QED) is 0.359. The molecule has 0 spiro atoms. The van der Waals surface area contributed by atoms with Crippen molar-refractivity contribution in [3.63, 3.8) is 0 Å². The normalized spacial score (nSPS) is 16.0. The van der Waals surface area contributed by atoms with Crippen LogP contribution in [0.3, 0.4) is 0 Å². The highest BCUT2D eigenvalue weighted by Crippen LogP contribution is 2.36. The number of fused-ring (bicyclic) bond motifs is 1. The monoisotopic (exact) mass is 434 g/mol. The average molecular weight is 435 g/mol. The molecule has 4 aromatic rings. The van der Waals surface area contributed by atoms with E-state index in [1.807, 2.05) is 18.2 Å². The van der Waals surface area contributed by atoms with Gasteiger partial charge in [0.15, 0.2) is 0 Å². The number of halogens is 3. The number of aromatic amines is 1. The lowest BCUT2D eigenvalue weighted by atomic mass is 9.88. The maximum atomic E-state index is 13.1. The van der Waals surface area contributed by atoms with Gasteiger partial charge >= 0.3 is 6.18 Å². The Morgan fingerprint density at radius 3 is 2.31 bits per heavy atom. The van der Waals surface area contributed by atoms with E-state index in [-0.39, 0.29) is 5.92 Å². The van der Waals surface area contributed by atoms with E-state index in [2.05, 4.69) is 52.3 Å². The van der Waals surface area contributed by atoms with Gasteiger partial charge in [0.05, 0.1) is 5.56 Å². The number of nitrogens with zero attached hydrogens (tertiary/aromatic N) is 1. The van der Waals surface area contributed by atoms with Gasteiger partial charge in [-0.1, -0.05) is 66.7 Å². The molecule has 5 heteroatoms. The van der Waals surface area contributed by atoms with Crippen molar-refractivity contribution in [1.29, 1.82) is 0 Å². The summed E-state index contributed by atoms with van der Waals surface area (Å²) in [6.45, 7) is 2.53. The molecule has 2 heterocycles. The number of alkyl halides is 3. The molecule has 0 atom stereocenters. The van der Waals surface area contributed by atoms with Crippen LogP contribution in [-0.4, -0.2) is 23.0 Å². The zero-order valence-electron chi connectivity index (χ0n) is 17.7. The third-order valence-corrected chi connectivity index (χ3v) is 6.50. The van der Waals surface area contributed by atoms with Gasteiger partial charge in [0.25, 0.3) is 0 Å². The van der Waals surface area contributed by atoms with Gasteiger partial charge in [0, 0.05) is 28.7 Å². The molecule has 5 rings (SSSR count). The lowest BCUT2D eigenvalue weighted by Crippen LogP contribution is -2.32. The topological polar surface area (TPSA) is 19.0 Å². The third-order valence-electron chi connectivity index (χ3n) is 6.50. The average Bonchev–Trinajstić information content (AvgIpc) is 3.17. The second-order valence-corrected chi connectivity index (χ2v) is 8.56. The van der Waals surface area contributed by atoms with Gasteiger partial charge in [0.2, 0.25) is 0 Å². The lowest BCUT2D eigenvalue weighted by Gasteiger charge is -2.32. The zero-order chi connectivity index (χ0) is 22.1. The fourth-order valence-corrected chi connectivity index (χ4v) is 4.87. The Morgan fingerprint density at radius 1 is 0.844 bits per heavy atom. The van der Waals surface area contributed by atoms with Gasteiger partial charge in [-0.25, -0.2) is 0 Å². The minimum Gasteiger partial charge on any atom is -0.357 e. The number of hydrogen-bond donors (Lipinski definition) is 1. The summed E-state index contributed by atoms with van der Waals surface area (Å²) in [7, 11) is 0. The maximum absolute atomic E-state index is 13.1. The van der Waals surface area contributed by atoms with Gasteiger partial charge in [-0.05, 0) is 55.1 Å². The molecule has 0 bridgehead atoms. The Hall–Kier alpha value is -3.05. The summed E-state index contributed by atoms with van der Waals surface area (Å²) in [6.07, 6.45) is -2.56. The number of rotatable bonds is 4. The van der Waals surface area contributed by atoms with Gasteiger partial charge in [0.1, 0.15) is 0 Å². The highest BCUT2D eigenvalue weighted by molar-refractivity contribution is 5.97. The molecule has 0 unspecified atom stereocenters. The predicted molar refractivity (Wildman–Crippen MR) is 122 cm³/mol. The molecule has 1 aliphatic heterocycles.